The maximum absolute atomic E-state index is 12.5. The summed E-state index contributed by atoms with van der Waals surface area (Å²) in [5.41, 5.74) is 1.36. The Morgan fingerprint density at radius 1 is 1.00 bits per heavy atom. The zero-order valence-electron chi connectivity index (χ0n) is 15.0. The summed E-state index contributed by atoms with van der Waals surface area (Å²) in [6.45, 7) is 2.30. The number of aryl methyl sites for hydroxylation is 1. The van der Waals surface area contributed by atoms with Crippen LogP contribution in [-0.4, -0.2) is 32.7 Å². The van der Waals surface area contributed by atoms with Gasteiger partial charge in [0.05, 0.1) is 7.11 Å². The number of hydrogen-bond acceptors (Lipinski definition) is 4. The first-order valence-corrected chi connectivity index (χ1v) is 9.69. The predicted octanol–water partition coefficient (Wildman–Crippen LogP) is 3.86. The number of rotatable bonds is 9. The molecule has 0 spiro atoms. The molecule has 3 rings (SSSR count). The Morgan fingerprint density at radius 3 is 2.58 bits per heavy atom. The molecule has 1 heterocycles. The maximum atomic E-state index is 12.5. The fourth-order valence-corrected chi connectivity index (χ4v) is 3.99. The molecule has 0 bridgehead atoms. The van der Waals surface area contributed by atoms with Crippen LogP contribution in [0.4, 0.5) is 0 Å². The summed E-state index contributed by atoms with van der Waals surface area (Å²) in [6, 6.07) is 18.4. The summed E-state index contributed by atoms with van der Waals surface area (Å²) in [4.78, 5) is 13.1. The summed E-state index contributed by atoms with van der Waals surface area (Å²) >= 11 is 1.47. The molecule has 2 aromatic carbocycles. The van der Waals surface area contributed by atoms with Crippen molar-refractivity contribution in [2.45, 2.75) is 12.8 Å². The Balaban J connectivity index is 1.40. The van der Waals surface area contributed by atoms with Crippen LogP contribution in [-0.2, 0) is 6.42 Å². The molecule has 0 radical (unpaired) electrons. The zero-order chi connectivity index (χ0) is 18.2. The van der Waals surface area contributed by atoms with E-state index in [0.717, 1.165) is 36.0 Å². The molecule has 26 heavy (non-hydrogen) atoms. The van der Waals surface area contributed by atoms with E-state index in [4.69, 9.17) is 4.74 Å². The molecule has 0 saturated carbocycles. The minimum Gasteiger partial charge on any atom is -0.494 e. The molecule has 0 unspecified atom stereocenters. The van der Waals surface area contributed by atoms with Gasteiger partial charge in [-0.1, -0.05) is 42.5 Å². The Bertz CT molecular complexity index is 846. The molecule has 2 N–H and O–H groups in total. The normalized spacial score (nSPS) is 10.8. The third-order valence-corrected chi connectivity index (χ3v) is 5.36. The van der Waals surface area contributed by atoms with E-state index in [1.54, 1.807) is 7.11 Å². The average Bonchev–Trinajstić information content (AvgIpc) is 3.06. The summed E-state index contributed by atoms with van der Waals surface area (Å²) in [5, 5.41) is 7.34. The minimum atomic E-state index is -0.0749. The number of benzene rings is 2. The van der Waals surface area contributed by atoms with Gasteiger partial charge in [0.1, 0.15) is 10.6 Å². The Kier molecular flexibility index (Phi) is 6.63. The largest absolute Gasteiger partial charge is 0.494 e. The van der Waals surface area contributed by atoms with E-state index in [1.165, 1.54) is 16.9 Å². The Labute approximate surface area is 158 Å². The number of amides is 1. The van der Waals surface area contributed by atoms with Crippen molar-refractivity contribution in [2.75, 3.05) is 26.7 Å². The number of thiophene rings is 1. The van der Waals surface area contributed by atoms with Crippen molar-refractivity contribution in [1.29, 1.82) is 0 Å². The van der Waals surface area contributed by atoms with Crippen LogP contribution in [0.1, 0.15) is 21.7 Å². The lowest BCUT2D eigenvalue weighted by atomic mass is 10.1. The van der Waals surface area contributed by atoms with Crippen LogP contribution in [0.5, 0.6) is 5.75 Å². The molecule has 4 nitrogen and oxygen atoms in total. The van der Waals surface area contributed by atoms with Crippen LogP contribution in [0.2, 0.25) is 0 Å². The molecule has 0 fully saturated rings. The second kappa shape index (κ2) is 9.36. The SMILES string of the molecule is COc1c(C(=O)NCCNCCCc2ccccc2)sc2ccccc12. The van der Waals surface area contributed by atoms with E-state index in [0.29, 0.717) is 17.2 Å². The lowest BCUT2D eigenvalue weighted by Gasteiger charge is -2.07. The van der Waals surface area contributed by atoms with E-state index in [9.17, 15) is 4.79 Å². The predicted molar refractivity (Wildman–Crippen MR) is 108 cm³/mol. The second-order valence-corrected chi connectivity index (χ2v) is 7.11. The highest BCUT2D eigenvalue weighted by Crippen LogP contribution is 2.37. The molecule has 5 heteroatoms. The molecule has 0 aliphatic heterocycles. The van der Waals surface area contributed by atoms with Crippen molar-refractivity contribution < 1.29 is 9.53 Å². The molecule has 0 aliphatic carbocycles. The minimum absolute atomic E-state index is 0.0749. The highest BCUT2D eigenvalue weighted by Gasteiger charge is 2.18. The van der Waals surface area contributed by atoms with Crippen LogP contribution < -0.4 is 15.4 Å². The van der Waals surface area contributed by atoms with Gasteiger partial charge in [0, 0.05) is 23.2 Å². The molecule has 1 amide bonds. The first-order valence-electron chi connectivity index (χ1n) is 8.88. The van der Waals surface area contributed by atoms with Gasteiger partial charge in [0.15, 0.2) is 0 Å². The summed E-state index contributed by atoms with van der Waals surface area (Å²) in [7, 11) is 1.61. The van der Waals surface area contributed by atoms with Gasteiger partial charge in [-0.2, -0.15) is 0 Å². The van der Waals surface area contributed by atoms with Crippen molar-refractivity contribution >= 4 is 27.3 Å². The van der Waals surface area contributed by atoms with E-state index in [2.05, 4.69) is 34.9 Å². The van der Waals surface area contributed by atoms with E-state index < -0.39 is 0 Å². The summed E-state index contributed by atoms with van der Waals surface area (Å²) in [5.74, 6) is 0.591. The maximum Gasteiger partial charge on any atom is 0.265 e. The molecule has 1 aromatic heterocycles. The van der Waals surface area contributed by atoms with Crippen molar-refractivity contribution in [3.63, 3.8) is 0 Å². The van der Waals surface area contributed by atoms with Gasteiger partial charge in [0.2, 0.25) is 0 Å². The van der Waals surface area contributed by atoms with Crippen molar-refractivity contribution in [3.8, 4) is 5.75 Å². The van der Waals surface area contributed by atoms with Gasteiger partial charge in [-0.15, -0.1) is 11.3 Å². The van der Waals surface area contributed by atoms with Crippen molar-refractivity contribution in [1.82, 2.24) is 10.6 Å². The fourth-order valence-electron chi connectivity index (χ4n) is 2.91. The van der Waals surface area contributed by atoms with Crippen molar-refractivity contribution in [2.24, 2.45) is 0 Å². The Morgan fingerprint density at radius 2 is 1.77 bits per heavy atom. The monoisotopic (exact) mass is 368 g/mol. The molecular weight excluding hydrogens is 344 g/mol. The van der Waals surface area contributed by atoms with Crippen LogP contribution >= 0.6 is 11.3 Å². The van der Waals surface area contributed by atoms with Gasteiger partial charge in [-0.3, -0.25) is 4.79 Å². The van der Waals surface area contributed by atoms with Crippen LogP contribution in [0, 0.1) is 0 Å². The smallest absolute Gasteiger partial charge is 0.265 e. The summed E-state index contributed by atoms with van der Waals surface area (Å²) < 4.78 is 6.52. The third-order valence-electron chi connectivity index (χ3n) is 4.21. The lowest BCUT2D eigenvalue weighted by Crippen LogP contribution is -2.32. The number of methoxy groups -OCH3 is 1. The van der Waals surface area contributed by atoms with E-state index in [1.807, 2.05) is 30.3 Å². The highest BCUT2D eigenvalue weighted by atomic mass is 32.1. The van der Waals surface area contributed by atoms with Crippen LogP contribution in [0.15, 0.2) is 54.6 Å². The van der Waals surface area contributed by atoms with Gasteiger partial charge in [-0.05, 0) is 37.1 Å². The highest BCUT2D eigenvalue weighted by molar-refractivity contribution is 7.21. The molecule has 3 aromatic rings. The molecule has 0 atom stereocenters. The third kappa shape index (κ3) is 4.62. The lowest BCUT2D eigenvalue weighted by molar-refractivity contribution is 0.0955. The first-order chi connectivity index (χ1) is 12.8. The molecular formula is C21H24N2O2S. The van der Waals surface area contributed by atoms with E-state index in [-0.39, 0.29) is 5.91 Å². The van der Waals surface area contributed by atoms with Gasteiger partial charge in [0.25, 0.3) is 5.91 Å². The fraction of sp³-hybridized carbons (Fsp3) is 0.286. The Hall–Kier alpha value is -2.37. The average molecular weight is 369 g/mol. The van der Waals surface area contributed by atoms with Gasteiger partial charge >= 0.3 is 0 Å². The number of nitrogens with one attached hydrogen (secondary N) is 2. The second-order valence-electron chi connectivity index (χ2n) is 6.06. The van der Waals surface area contributed by atoms with Crippen molar-refractivity contribution in [3.05, 3.63) is 65.0 Å². The first kappa shape index (κ1) is 18.4. The number of carbonyl (C=O) groups is 1. The number of hydrogen-bond donors (Lipinski definition) is 2. The van der Waals surface area contributed by atoms with Crippen LogP contribution in [0.25, 0.3) is 10.1 Å². The molecule has 0 aliphatic rings. The quantitative estimate of drug-likeness (QED) is 0.564. The van der Waals surface area contributed by atoms with Gasteiger partial charge in [-0.25, -0.2) is 0 Å². The van der Waals surface area contributed by atoms with Crippen LogP contribution in [0.3, 0.4) is 0 Å². The zero-order valence-corrected chi connectivity index (χ0v) is 15.8. The number of fused-ring (bicyclic) bond motifs is 1. The number of ether oxygens (including phenoxy) is 1. The topological polar surface area (TPSA) is 50.4 Å². The van der Waals surface area contributed by atoms with Gasteiger partial charge < -0.3 is 15.4 Å². The molecule has 0 saturated heterocycles. The molecule has 136 valence electrons. The summed E-state index contributed by atoms with van der Waals surface area (Å²) in [6.07, 6.45) is 2.15. The standard InChI is InChI=1S/C21H24N2O2S/c1-25-19-17-11-5-6-12-18(17)26-20(19)21(24)23-15-14-22-13-7-10-16-8-3-2-4-9-16/h2-6,8-9,11-12,22H,7,10,13-15H2,1H3,(H,23,24). The number of carbonyl (C=O) groups excluding carboxylic acids is 1. The van der Waals surface area contributed by atoms with E-state index >= 15 is 0 Å².